The molecule has 0 amide bonds. The van der Waals surface area contributed by atoms with Crippen molar-refractivity contribution in [1.82, 2.24) is 9.55 Å². The van der Waals surface area contributed by atoms with Gasteiger partial charge in [-0.25, -0.2) is 9.78 Å². The van der Waals surface area contributed by atoms with Gasteiger partial charge in [-0.1, -0.05) is 0 Å². The van der Waals surface area contributed by atoms with Crippen LogP contribution in [0.3, 0.4) is 0 Å². The van der Waals surface area contributed by atoms with E-state index in [1.807, 2.05) is 41.1 Å². The monoisotopic (exact) mass is 266 g/mol. The number of nitrogens with zero attached hydrogens (tertiary/aromatic N) is 2. The number of carbonyl (C=O) groups is 1. The lowest BCUT2D eigenvalue weighted by Gasteiger charge is -2.06. The average molecular weight is 266 g/mol. The van der Waals surface area contributed by atoms with Crippen molar-refractivity contribution < 1.29 is 9.53 Å². The highest BCUT2D eigenvalue weighted by Gasteiger charge is 2.07. The van der Waals surface area contributed by atoms with Gasteiger partial charge in [0.05, 0.1) is 12.2 Å². The van der Waals surface area contributed by atoms with Crippen LogP contribution in [0.4, 0.5) is 0 Å². The predicted octanol–water partition coefficient (Wildman–Crippen LogP) is 3.20. The molecule has 0 aliphatic rings. The van der Waals surface area contributed by atoms with Gasteiger partial charge in [0.15, 0.2) is 0 Å². The maximum absolute atomic E-state index is 11.6. The summed E-state index contributed by atoms with van der Waals surface area (Å²) in [5, 5.41) is 1.09. The average Bonchev–Trinajstić information content (AvgIpc) is 2.92. The highest BCUT2D eigenvalue weighted by molar-refractivity contribution is 5.89. The Bertz CT molecular complexity index is 745. The summed E-state index contributed by atoms with van der Waals surface area (Å²) in [6.45, 7) is 2.18. The Hall–Kier alpha value is -2.62. The van der Waals surface area contributed by atoms with Gasteiger partial charge in [-0.05, 0) is 49.4 Å². The first-order valence-corrected chi connectivity index (χ1v) is 6.49. The minimum Gasteiger partial charge on any atom is -0.462 e. The minimum absolute atomic E-state index is 0.297. The van der Waals surface area contributed by atoms with E-state index in [4.69, 9.17) is 4.74 Å². The van der Waals surface area contributed by atoms with Crippen LogP contribution in [0.1, 0.15) is 17.3 Å². The number of hydrogen-bond donors (Lipinski definition) is 0. The van der Waals surface area contributed by atoms with Crippen molar-refractivity contribution in [3.8, 4) is 5.69 Å². The van der Waals surface area contributed by atoms with E-state index in [2.05, 4.69) is 4.98 Å². The number of fused-ring (bicyclic) bond motifs is 1. The van der Waals surface area contributed by atoms with E-state index in [1.165, 1.54) is 0 Å². The summed E-state index contributed by atoms with van der Waals surface area (Å²) in [5.41, 5.74) is 2.42. The molecule has 3 aromatic rings. The first kappa shape index (κ1) is 12.4. The van der Waals surface area contributed by atoms with Crippen molar-refractivity contribution in [2.75, 3.05) is 6.61 Å². The van der Waals surface area contributed by atoms with Crippen LogP contribution < -0.4 is 0 Å². The lowest BCUT2D eigenvalue weighted by atomic mass is 10.2. The van der Waals surface area contributed by atoms with E-state index in [0.717, 1.165) is 16.7 Å². The van der Waals surface area contributed by atoms with Gasteiger partial charge in [-0.3, -0.25) is 0 Å². The van der Waals surface area contributed by atoms with Crippen LogP contribution in [-0.4, -0.2) is 22.1 Å². The molecule has 100 valence electrons. The Balaban J connectivity index is 1.97. The number of ether oxygens (including phenoxy) is 1. The molecule has 0 unspecified atom stereocenters. The lowest BCUT2D eigenvalue weighted by Crippen LogP contribution is -2.04. The topological polar surface area (TPSA) is 44.1 Å². The fraction of sp³-hybridized carbons (Fsp3) is 0.125. The normalized spacial score (nSPS) is 10.7. The van der Waals surface area contributed by atoms with Gasteiger partial charge >= 0.3 is 5.97 Å². The second-order valence-corrected chi connectivity index (χ2v) is 4.37. The van der Waals surface area contributed by atoms with Crippen molar-refractivity contribution in [3.05, 3.63) is 60.4 Å². The Kier molecular flexibility index (Phi) is 3.21. The molecular weight excluding hydrogens is 252 g/mol. The van der Waals surface area contributed by atoms with Crippen LogP contribution in [0, 0.1) is 0 Å². The van der Waals surface area contributed by atoms with Crippen molar-refractivity contribution in [2.24, 2.45) is 0 Å². The van der Waals surface area contributed by atoms with Crippen molar-refractivity contribution in [1.29, 1.82) is 0 Å². The summed E-state index contributed by atoms with van der Waals surface area (Å²) in [6.07, 6.45) is 3.74. The molecule has 4 nitrogen and oxygen atoms in total. The molecule has 0 spiro atoms. The van der Waals surface area contributed by atoms with Crippen LogP contribution in [-0.2, 0) is 4.74 Å². The van der Waals surface area contributed by atoms with Crippen LogP contribution in [0.15, 0.2) is 54.9 Å². The molecule has 2 aromatic heterocycles. The van der Waals surface area contributed by atoms with Gasteiger partial charge in [0.2, 0.25) is 0 Å². The lowest BCUT2D eigenvalue weighted by molar-refractivity contribution is 0.0526. The van der Waals surface area contributed by atoms with Crippen molar-refractivity contribution >= 4 is 17.0 Å². The summed E-state index contributed by atoms with van der Waals surface area (Å²) < 4.78 is 6.96. The first-order valence-electron chi connectivity index (χ1n) is 6.49. The minimum atomic E-state index is -0.297. The molecule has 20 heavy (non-hydrogen) atoms. The van der Waals surface area contributed by atoms with Gasteiger partial charge in [-0.2, -0.15) is 0 Å². The van der Waals surface area contributed by atoms with E-state index in [0.29, 0.717) is 12.2 Å². The van der Waals surface area contributed by atoms with Crippen LogP contribution in [0.2, 0.25) is 0 Å². The first-order chi connectivity index (χ1) is 9.79. The van der Waals surface area contributed by atoms with E-state index in [9.17, 15) is 4.79 Å². The Labute approximate surface area is 116 Å². The molecule has 0 N–H and O–H groups in total. The molecule has 3 rings (SSSR count). The molecule has 4 heteroatoms. The summed E-state index contributed by atoms with van der Waals surface area (Å²) in [4.78, 5) is 16.0. The van der Waals surface area contributed by atoms with Crippen LogP contribution in [0.5, 0.6) is 0 Å². The molecule has 0 bridgehead atoms. The third-order valence-electron chi connectivity index (χ3n) is 3.10. The summed E-state index contributed by atoms with van der Waals surface area (Å²) >= 11 is 0. The van der Waals surface area contributed by atoms with E-state index >= 15 is 0 Å². The smallest absolute Gasteiger partial charge is 0.338 e. The SMILES string of the molecule is CCOC(=O)c1ccc(-n2ccc3cccnc32)cc1. The van der Waals surface area contributed by atoms with E-state index in [1.54, 1.807) is 25.3 Å². The number of benzene rings is 1. The zero-order valence-corrected chi connectivity index (χ0v) is 11.1. The van der Waals surface area contributed by atoms with E-state index < -0.39 is 0 Å². The molecule has 0 aliphatic heterocycles. The summed E-state index contributed by atoms with van der Waals surface area (Å²) in [5.74, 6) is -0.297. The molecule has 0 saturated heterocycles. The third kappa shape index (κ3) is 2.16. The van der Waals surface area contributed by atoms with Crippen LogP contribution >= 0.6 is 0 Å². The molecule has 0 saturated carbocycles. The van der Waals surface area contributed by atoms with Crippen molar-refractivity contribution in [2.45, 2.75) is 6.92 Å². The van der Waals surface area contributed by atoms with E-state index in [-0.39, 0.29) is 5.97 Å². The molecule has 2 heterocycles. The number of esters is 1. The zero-order chi connectivity index (χ0) is 13.9. The van der Waals surface area contributed by atoms with Crippen molar-refractivity contribution in [3.63, 3.8) is 0 Å². The van der Waals surface area contributed by atoms with Gasteiger partial charge in [0, 0.05) is 23.5 Å². The number of hydrogen-bond acceptors (Lipinski definition) is 3. The highest BCUT2D eigenvalue weighted by atomic mass is 16.5. The molecular formula is C16H14N2O2. The quantitative estimate of drug-likeness (QED) is 0.684. The molecule has 0 fully saturated rings. The predicted molar refractivity (Wildman–Crippen MR) is 77.0 cm³/mol. The molecule has 0 aliphatic carbocycles. The number of aromatic nitrogens is 2. The number of carbonyl (C=O) groups excluding carboxylic acids is 1. The number of pyridine rings is 1. The fourth-order valence-electron chi connectivity index (χ4n) is 2.15. The Morgan fingerprint density at radius 3 is 2.75 bits per heavy atom. The zero-order valence-electron chi connectivity index (χ0n) is 11.1. The maximum Gasteiger partial charge on any atom is 0.338 e. The summed E-state index contributed by atoms with van der Waals surface area (Å²) in [7, 11) is 0. The summed E-state index contributed by atoms with van der Waals surface area (Å²) in [6, 6.07) is 13.3. The van der Waals surface area contributed by atoms with Crippen LogP contribution in [0.25, 0.3) is 16.7 Å². The largest absolute Gasteiger partial charge is 0.462 e. The maximum atomic E-state index is 11.6. The molecule has 1 aromatic carbocycles. The van der Waals surface area contributed by atoms with Gasteiger partial charge in [0.25, 0.3) is 0 Å². The Morgan fingerprint density at radius 1 is 1.20 bits per heavy atom. The fourth-order valence-corrected chi connectivity index (χ4v) is 2.15. The van der Waals surface area contributed by atoms with Gasteiger partial charge in [0.1, 0.15) is 5.65 Å². The number of rotatable bonds is 3. The second kappa shape index (κ2) is 5.17. The molecule has 0 atom stereocenters. The second-order valence-electron chi connectivity index (χ2n) is 4.37. The van der Waals surface area contributed by atoms with Gasteiger partial charge < -0.3 is 9.30 Å². The third-order valence-corrected chi connectivity index (χ3v) is 3.10. The van der Waals surface area contributed by atoms with Gasteiger partial charge in [-0.15, -0.1) is 0 Å². The standard InChI is InChI=1S/C16H14N2O2/c1-2-20-16(19)13-5-7-14(8-6-13)18-11-9-12-4-3-10-17-15(12)18/h3-11H,2H2,1H3. The Morgan fingerprint density at radius 2 is 2.00 bits per heavy atom. The highest BCUT2D eigenvalue weighted by Crippen LogP contribution is 2.18. The molecule has 0 radical (unpaired) electrons.